The van der Waals surface area contributed by atoms with Crippen molar-refractivity contribution in [1.29, 1.82) is 0 Å². The Morgan fingerprint density at radius 2 is 1.91 bits per heavy atom. The van der Waals surface area contributed by atoms with Gasteiger partial charge in [-0.05, 0) is 58.8 Å². The first-order chi connectivity index (χ1) is 15.9. The predicted molar refractivity (Wildman–Crippen MR) is 134 cm³/mol. The molecule has 2 heterocycles. The third-order valence-electron chi connectivity index (χ3n) is 5.28. The molecule has 1 aliphatic rings. The zero-order chi connectivity index (χ0) is 24.2. The van der Waals surface area contributed by atoms with Crippen LogP contribution in [0.3, 0.4) is 0 Å². The van der Waals surface area contributed by atoms with Gasteiger partial charge in [-0.15, -0.1) is 11.3 Å². The van der Waals surface area contributed by atoms with Crippen LogP contribution >= 0.6 is 11.3 Å². The summed E-state index contributed by atoms with van der Waals surface area (Å²) in [7, 11) is 3.99. The number of nitrogens with one attached hydrogen (secondary N) is 1. The summed E-state index contributed by atoms with van der Waals surface area (Å²) >= 11 is 1.37. The molecule has 1 aromatic rings. The fraction of sp³-hybridized carbons (Fsp3) is 0.560. The minimum Gasteiger partial charge on any atom is -0.462 e. The molecule has 182 valence electrons. The maximum atomic E-state index is 12.7. The summed E-state index contributed by atoms with van der Waals surface area (Å²) in [6.45, 7) is 6.01. The Morgan fingerprint density at radius 3 is 2.61 bits per heavy atom. The number of thiophene rings is 1. The average Bonchev–Trinajstić information content (AvgIpc) is 3.12. The van der Waals surface area contributed by atoms with Gasteiger partial charge in [-0.3, -0.25) is 9.59 Å². The molecule has 0 atom stereocenters. The van der Waals surface area contributed by atoms with Gasteiger partial charge in [0.1, 0.15) is 5.00 Å². The second kappa shape index (κ2) is 14.0. The van der Waals surface area contributed by atoms with Crippen molar-refractivity contribution in [3.8, 4) is 0 Å². The first kappa shape index (κ1) is 26.8. The molecule has 0 radical (unpaired) electrons. The number of carbonyl (C=O) groups is 3. The van der Waals surface area contributed by atoms with Crippen LogP contribution in [0.2, 0.25) is 0 Å². The van der Waals surface area contributed by atoms with Crippen LogP contribution in [-0.2, 0) is 27.3 Å². The summed E-state index contributed by atoms with van der Waals surface area (Å²) in [5.74, 6) is -0.468. The molecule has 0 aliphatic carbocycles. The van der Waals surface area contributed by atoms with Crippen LogP contribution in [0.15, 0.2) is 24.3 Å². The van der Waals surface area contributed by atoms with Crippen LogP contribution in [0.4, 0.5) is 5.00 Å². The monoisotopic (exact) mass is 475 g/mol. The van der Waals surface area contributed by atoms with Crippen LogP contribution in [0, 0.1) is 0 Å². The summed E-state index contributed by atoms with van der Waals surface area (Å²) in [6.07, 6.45) is 11.9. The lowest BCUT2D eigenvalue weighted by atomic mass is 10.0. The van der Waals surface area contributed by atoms with Gasteiger partial charge in [0.15, 0.2) is 0 Å². The molecule has 0 aromatic carbocycles. The number of anilines is 1. The van der Waals surface area contributed by atoms with E-state index in [1.54, 1.807) is 6.92 Å². The molecule has 0 fully saturated rings. The van der Waals surface area contributed by atoms with Gasteiger partial charge in [0.05, 0.1) is 18.7 Å². The second-order valence-electron chi connectivity index (χ2n) is 8.24. The van der Waals surface area contributed by atoms with E-state index >= 15 is 0 Å². The first-order valence-electron chi connectivity index (χ1n) is 11.7. The Balaban J connectivity index is 2.09. The number of esters is 1. The average molecular weight is 476 g/mol. The van der Waals surface area contributed by atoms with Crippen LogP contribution in [0.5, 0.6) is 0 Å². The van der Waals surface area contributed by atoms with Crippen LogP contribution in [-0.4, -0.2) is 61.4 Å². The van der Waals surface area contributed by atoms with Crippen molar-refractivity contribution >= 4 is 34.1 Å². The van der Waals surface area contributed by atoms with Gasteiger partial charge in [0.2, 0.25) is 11.8 Å². The number of ether oxygens (including phenoxy) is 1. The van der Waals surface area contributed by atoms with E-state index in [9.17, 15) is 14.4 Å². The lowest BCUT2D eigenvalue weighted by molar-refractivity contribution is -0.132. The van der Waals surface area contributed by atoms with Crippen molar-refractivity contribution in [3.05, 3.63) is 40.3 Å². The van der Waals surface area contributed by atoms with E-state index in [1.165, 1.54) is 11.3 Å². The van der Waals surface area contributed by atoms with Crippen molar-refractivity contribution in [2.75, 3.05) is 39.1 Å². The van der Waals surface area contributed by atoms with Crippen LogP contribution in [0.1, 0.15) is 66.8 Å². The largest absolute Gasteiger partial charge is 0.462 e. The SMILES string of the molecule is CC/C=C\C/C=C\CC(=O)Nc1sc2c(c1C(=O)OCC)CCN(C(=O)CCCN(C)C)C2. The van der Waals surface area contributed by atoms with Gasteiger partial charge >= 0.3 is 5.97 Å². The molecule has 33 heavy (non-hydrogen) atoms. The Morgan fingerprint density at radius 1 is 1.15 bits per heavy atom. The van der Waals surface area contributed by atoms with Gasteiger partial charge in [-0.2, -0.15) is 0 Å². The van der Waals surface area contributed by atoms with Gasteiger partial charge in [0.25, 0.3) is 0 Å². The highest BCUT2D eigenvalue weighted by Crippen LogP contribution is 2.38. The minimum atomic E-state index is -0.420. The fourth-order valence-corrected chi connectivity index (χ4v) is 4.90. The summed E-state index contributed by atoms with van der Waals surface area (Å²) in [4.78, 5) is 42.7. The molecule has 8 heteroatoms. The maximum Gasteiger partial charge on any atom is 0.341 e. The first-order valence-corrected chi connectivity index (χ1v) is 12.5. The third kappa shape index (κ3) is 8.44. The highest BCUT2D eigenvalue weighted by Gasteiger charge is 2.30. The topological polar surface area (TPSA) is 79.0 Å². The number of nitrogens with zero attached hydrogens (tertiary/aromatic N) is 2. The number of amides is 2. The normalized spacial score (nSPS) is 13.7. The minimum absolute atomic E-state index is 0.126. The molecule has 1 aliphatic heterocycles. The number of fused-ring (bicyclic) bond motifs is 1. The zero-order valence-electron chi connectivity index (χ0n) is 20.3. The summed E-state index contributed by atoms with van der Waals surface area (Å²) in [6, 6.07) is 0. The van der Waals surface area contributed by atoms with E-state index in [2.05, 4.69) is 29.3 Å². The van der Waals surface area contributed by atoms with Gasteiger partial charge < -0.3 is 19.9 Å². The molecule has 1 N–H and O–H groups in total. The Kier molecular flexibility index (Phi) is 11.3. The number of rotatable bonds is 12. The van der Waals surface area contributed by atoms with Crippen molar-refractivity contribution in [1.82, 2.24) is 9.80 Å². The Bertz CT molecular complexity index is 873. The molecule has 0 saturated heterocycles. The fourth-order valence-electron chi connectivity index (χ4n) is 3.63. The van der Waals surface area contributed by atoms with E-state index < -0.39 is 5.97 Å². The number of carbonyl (C=O) groups excluding carboxylic acids is 3. The number of hydrogen-bond donors (Lipinski definition) is 1. The molecular weight excluding hydrogens is 438 g/mol. The number of allylic oxidation sites excluding steroid dienone is 3. The van der Waals surface area contributed by atoms with E-state index in [1.807, 2.05) is 31.1 Å². The molecule has 0 unspecified atom stereocenters. The highest BCUT2D eigenvalue weighted by molar-refractivity contribution is 7.17. The Labute approximate surface area is 201 Å². The summed E-state index contributed by atoms with van der Waals surface area (Å²) in [5, 5.41) is 3.42. The summed E-state index contributed by atoms with van der Waals surface area (Å²) < 4.78 is 5.27. The zero-order valence-corrected chi connectivity index (χ0v) is 21.1. The standard InChI is InChI=1S/C25H37N3O4S/c1-5-7-8-9-10-11-13-21(29)26-24-23(25(31)32-6-2)19-15-17-28(18-20(19)33-24)22(30)14-12-16-27(3)4/h7-8,10-11H,5-6,9,12-18H2,1-4H3,(H,26,29)/b8-7-,11-10-. The van der Waals surface area contributed by atoms with E-state index in [-0.39, 0.29) is 24.8 Å². The van der Waals surface area contributed by atoms with Crippen molar-refractivity contribution in [3.63, 3.8) is 0 Å². The van der Waals surface area contributed by atoms with Crippen molar-refractivity contribution < 1.29 is 19.1 Å². The molecule has 0 spiro atoms. The Hall–Kier alpha value is -2.45. The molecule has 7 nitrogen and oxygen atoms in total. The molecule has 2 amide bonds. The van der Waals surface area contributed by atoms with E-state index in [0.29, 0.717) is 36.5 Å². The van der Waals surface area contributed by atoms with E-state index in [4.69, 9.17) is 4.74 Å². The quantitative estimate of drug-likeness (QED) is 0.358. The molecular formula is C25H37N3O4S. The third-order valence-corrected chi connectivity index (χ3v) is 6.41. The second-order valence-corrected chi connectivity index (χ2v) is 9.34. The lowest BCUT2D eigenvalue weighted by Crippen LogP contribution is -2.36. The molecule has 0 bridgehead atoms. The maximum absolute atomic E-state index is 12.7. The number of hydrogen-bond acceptors (Lipinski definition) is 6. The smallest absolute Gasteiger partial charge is 0.341 e. The summed E-state index contributed by atoms with van der Waals surface area (Å²) in [5.41, 5.74) is 1.34. The molecule has 0 saturated carbocycles. The van der Waals surface area contributed by atoms with Crippen molar-refractivity contribution in [2.24, 2.45) is 0 Å². The predicted octanol–water partition coefficient (Wildman–Crippen LogP) is 4.39. The van der Waals surface area contributed by atoms with E-state index in [0.717, 1.165) is 36.2 Å². The van der Waals surface area contributed by atoms with Gasteiger partial charge in [-0.1, -0.05) is 31.2 Å². The van der Waals surface area contributed by atoms with Crippen LogP contribution in [0.25, 0.3) is 0 Å². The lowest BCUT2D eigenvalue weighted by Gasteiger charge is -2.27. The van der Waals surface area contributed by atoms with Gasteiger partial charge in [-0.25, -0.2) is 4.79 Å². The molecule has 1 aromatic heterocycles. The highest BCUT2D eigenvalue weighted by atomic mass is 32.1. The van der Waals surface area contributed by atoms with Gasteiger partial charge in [0, 0.05) is 24.3 Å². The van der Waals surface area contributed by atoms with Crippen LogP contribution < -0.4 is 5.32 Å². The van der Waals surface area contributed by atoms with Crippen molar-refractivity contribution in [2.45, 2.75) is 58.9 Å². The molecule has 2 rings (SSSR count).